The summed E-state index contributed by atoms with van der Waals surface area (Å²) in [4.78, 5) is 35.9. The molecule has 0 bridgehead atoms. The zero-order valence-electron chi connectivity index (χ0n) is 15.4. The van der Waals surface area contributed by atoms with Crippen LogP contribution in [0.3, 0.4) is 0 Å². The maximum Gasteiger partial charge on any atom is 0.338 e. The van der Waals surface area contributed by atoms with Crippen LogP contribution in [0.4, 0.5) is 5.69 Å². The van der Waals surface area contributed by atoms with E-state index in [0.717, 1.165) is 16.7 Å². The average molecular weight is 366 g/mol. The van der Waals surface area contributed by atoms with Gasteiger partial charge < -0.3 is 15.4 Å². The van der Waals surface area contributed by atoms with E-state index >= 15 is 0 Å². The summed E-state index contributed by atoms with van der Waals surface area (Å²) in [5.41, 5.74) is 4.09. The van der Waals surface area contributed by atoms with Crippen LogP contribution in [0.25, 0.3) is 0 Å². The van der Waals surface area contributed by atoms with E-state index in [9.17, 15) is 14.4 Å². The fraction of sp³-hybridized carbons (Fsp3) is 0.286. The monoisotopic (exact) mass is 366 g/mol. The molecule has 3 rings (SSSR count). The van der Waals surface area contributed by atoms with Gasteiger partial charge in [0, 0.05) is 18.7 Å². The summed E-state index contributed by atoms with van der Waals surface area (Å²) >= 11 is 0. The number of rotatable bonds is 5. The highest BCUT2D eigenvalue weighted by molar-refractivity contribution is 5.96. The third-order valence-electron chi connectivity index (χ3n) is 4.48. The van der Waals surface area contributed by atoms with Crippen molar-refractivity contribution in [2.24, 2.45) is 0 Å². The van der Waals surface area contributed by atoms with Gasteiger partial charge in [0.15, 0.2) is 6.10 Å². The largest absolute Gasteiger partial charge is 0.449 e. The Bertz CT molecular complexity index is 874. The van der Waals surface area contributed by atoms with Crippen LogP contribution in [0, 0.1) is 6.92 Å². The van der Waals surface area contributed by atoms with Gasteiger partial charge in [0.05, 0.1) is 5.56 Å². The number of carbonyl (C=O) groups excluding carboxylic acids is 3. The van der Waals surface area contributed by atoms with Gasteiger partial charge in [-0.15, -0.1) is 0 Å². The number of carbonyl (C=O) groups is 3. The van der Waals surface area contributed by atoms with Crippen LogP contribution in [-0.4, -0.2) is 23.9 Å². The van der Waals surface area contributed by atoms with E-state index in [4.69, 9.17) is 4.74 Å². The Morgan fingerprint density at radius 3 is 2.63 bits per heavy atom. The minimum atomic E-state index is -0.904. The maximum absolute atomic E-state index is 12.3. The van der Waals surface area contributed by atoms with E-state index in [0.29, 0.717) is 30.6 Å². The number of amides is 2. The van der Waals surface area contributed by atoms with Crippen LogP contribution in [-0.2, 0) is 27.3 Å². The maximum atomic E-state index is 12.3. The molecular formula is C21H22N2O4. The molecule has 1 atom stereocenters. The van der Waals surface area contributed by atoms with Gasteiger partial charge in [-0.3, -0.25) is 9.59 Å². The van der Waals surface area contributed by atoms with Crippen molar-refractivity contribution in [3.05, 3.63) is 64.7 Å². The molecular weight excluding hydrogens is 344 g/mol. The molecule has 0 saturated heterocycles. The number of nitrogens with one attached hydrogen (secondary N) is 2. The molecule has 2 aromatic carbocycles. The minimum Gasteiger partial charge on any atom is -0.449 e. The Labute approximate surface area is 157 Å². The molecule has 2 aromatic rings. The summed E-state index contributed by atoms with van der Waals surface area (Å²) < 4.78 is 5.28. The Morgan fingerprint density at radius 1 is 1.15 bits per heavy atom. The highest BCUT2D eigenvalue weighted by atomic mass is 16.5. The summed E-state index contributed by atoms with van der Waals surface area (Å²) in [7, 11) is 0. The minimum absolute atomic E-state index is 0.0308. The second-order valence-electron chi connectivity index (χ2n) is 6.67. The van der Waals surface area contributed by atoms with E-state index in [1.807, 2.05) is 31.2 Å². The first kappa shape index (κ1) is 18.6. The molecule has 140 valence electrons. The van der Waals surface area contributed by atoms with Gasteiger partial charge in [0.25, 0.3) is 5.91 Å². The van der Waals surface area contributed by atoms with Crippen molar-refractivity contribution in [3.8, 4) is 0 Å². The number of anilines is 1. The van der Waals surface area contributed by atoms with E-state index in [-0.39, 0.29) is 11.8 Å². The molecule has 1 aliphatic heterocycles. The molecule has 27 heavy (non-hydrogen) atoms. The number of aryl methyl sites for hydroxylation is 2. The van der Waals surface area contributed by atoms with Gasteiger partial charge in [-0.25, -0.2) is 4.79 Å². The van der Waals surface area contributed by atoms with Gasteiger partial charge in [-0.2, -0.15) is 0 Å². The predicted octanol–water partition coefficient (Wildman–Crippen LogP) is 2.74. The van der Waals surface area contributed by atoms with Crippen LogP contribution < -0.4 is 10.6 Å². The van der Waals surface area contributed by atoms with E-state index in [1.54, 1.807) is 25.1 Å². The van der Waals surface area contributed by atoms with Crippen molar-refractivity contribution in [2.75, 3.05) is 5.32 Å². The fourth-order valence-corrected chi connectivity index (χ4v) is 2.83. The molecule has 6 heteroatoms. The van der Waals surface area contributed by atoms with Crippen molar-refractivity contribution in [1.82, 2.24) is 5.32 Å². The van der Waals surface area contributed by atoms with Crippen LogP contribution in [0.2, 0.25) is 0 Å². The average Bonchev–Trinajstić information content (AvgIpc) is 2.66. The highest BCUT2D eigenvalue weighted by Crippen LogP contribution is 2.24. The number of benzene rings is 2. The molecule has 0 fully saturated rings. The molecule has 0 saturated carbocycles. The van der Waals surface area contributed by atoms with Crippen molar-refractivity contribution < 1.29 is 19.1 Å². The van der Waals surface area contributed by atoms with Gasteiger partial charge in [-0.1, -0.05) is 29.8 Å². The number of esters is 1. The third-order valence-corrected chi connectivity index (χ3v) is 4.48. The zero-order chi connectivity index (χ0) is 19.4. The lowest BCUT2D eigenvalue weighted by Crippen LogP contribution is -2.35. The van der Waals surface area contributed by atoms with Gasteiger partial charge in [0.1, 0.15) is 0 Å². The molecule has 1 aliphatic rings. The standard InChI is InChI=1S/C21H22N2O4/c1-13-3-5-15(6-4-13)12-22-20(25)14(2)27-21(26)17-7-9-18-16(11-17)8-10-19(24)23-18/h3-7,9,11,14H,8,10,12H2,1-2H3,(H,22,25)(H,23,24). The number of hydrogen-bond acceptors (Lipinski definition) is 4. The molecule has 0 radical (unpaired) electrons. The smallest absolute Gasteiger partial charge is 0.338 e. The van der Waals surface area contributed by atoms with Crippen LogP contribution >= 0.6 is 0 Å². The predicted molar refractivity (Wildman–Crippen MR) is 101 cm³/mol. The first-order chi connectivity index (χ1) is 12.9. The van der Waals surface area contributed by atoms with E-state index in [2.05, 4.69) is 10.6 Å². The SMILES string of the molecule is Cc1ccc(CNC(=O)C(C)OC(=O)c2ccc3c(c2)CCC(=O)N3)cc1. The van der Waals surface area contributed by atoms with E-state index in [1.165, 1.54) is 0 Å². The van der Waals surface area contributed by atoms with E-state index < -0.39 is 12.1 Å². The normalized spacial score (nSPS) is 13.9. The lowest BCUT2D eigenvalue weighted by atomic mass is 10.0. The van der Waals surface area contributed by atoms with Crippen LogP contribution in [0.5, 0.6) is 0 Å². The molecule has 1 heterocycles. The Hall–Kier alpha value is -3.15. The lowest BCUT2D eigenvalue weighted by molar-refractivity contribution is -0.129. The topological polar surface area (TPSA) is 84.5 Å². The van der Waals surface area contributed by atoms with Crippen molar-refractivity contribution in [1.29, 1.82) is 0 Å². The van der Waals surface area contributed by atoms with Crippen LogP contribution in [0.1, 0.15) is 40.4 Å². The van der Waals surface area contributed by atoms with Gasteiger partial charge in [0.2, 0.25) is 5.91 Å². The highest BCUT2D eigenvalue weighted by Gasteiger charge is 2.21. The molecule has 6 nitrogen and oxygen atoms in total. The van der Waals surface area contributed by atoms with Gasteiger partial charge >= 0.3 is 5.97 Å². The summed E-state index contributed by atoms with van der Waals surface area (Å²) in [6, 6.07) is 12.8. The van der Waals surface area contributed by atoms with Crippen molar-refractivity contribution in [3.63, 3.8) is 0 Å². The summed E-state index contributed by atoms with van der Waals surface area (Å²) in [5, 5.41) is 5.53. The van der Waals surface area contributed by atoms with Crippen LogP contribution in [0.15, 0.2) is 42.5 Å². The quantitative estimate of drug-likeness (QED) is 0.797. The van der Waals surface area contributed by atoms with Gasteiger partial charge in [-0.05, 0) is 49.6 Å². The first-order valence-corrected chi connectivity index (χ1v) is 8.89. The van der Waals surface area contributed by atoms with Crippen molar-refractivity contribution >= 4 is 23.5 Å². The zero-order valence-corrected chi connectivity index (χ0v) is 15.4. The summed E-state index contributed by atoms with van der Waals surface area (Å²) in [5.74, 6) is -0.946. The molecule has 0 aliphatic carbocycles. The number of ether oxygens (including phenoxy) is 1. The Morgan fingerprint density at radius 2 is 1.89 bits per heavy atom. The fourth-order valence-electron chi connectivity index (χ4n) is 2.83. The lowest BCUT2D eigenvalue weighted by Gasteiger charge is -2.18. The third kappa shape index (κ3) is 4.73. The Balaban J connectivity index is 1.56. The Kier molecular flexibility index (Phi) is 5.54. The summed E-state index contributed by atoms with van der Waals surface area (Å²) in [6.07, 6.45) is 0.0664. The second kappa shape index (κ2) is 8.03. The summed E-state index contributed by atoms with van der Waals surface area (Å²) in [6.45, 7) is 3.92. The number of hydrogen-bond donors (Lipinski definition) is 2. The molecule has 2 N–H and O–H groups in total. The molecule has 0 aromatic heterocycles. The number of fused-ring (bicyclic) bond motifs is 1. The second-order valence-corrected chi connectivity index (χ2v) is 6.67. The molecule has 0 spiro atoms. The molecule has 1 unspecified atom stereocenters. The van der Waals surface area contributed by atoms with Crippen molar-refractivity contribution in [2.45, 2.75) is 39.3 Å². The molecule has 2 amide bonds. The first-order valence-electron chi connectivity index (χ1n) is 8.89.